The molecule has 0 aromatic heterocycles. The molecule has 0 spiro atoms. The average molecular weight is 274 g/mol. The Labute approximate surface area is 120 Å². The van der Waals surface area contributed by atoms with E-state index in [2.05, 4.69) is 4.90 Å². The second-order valence-corrected chi connectivity index (χ2v) is 5.77. The summed E-state index contributed by atoms with van der Waals surface area (Å²) >= 11 is 0. The molecule has 2 saturated heterocycles. The van der Waals surface area contributed by atoms with Gasteiger partial charge in [-0.2, -0.15) is 0 Å². The fourth-order valence-electron chi connectivity index (χ4n) is 3.33. The van der Waals surface area contributed by atoms with E-state index in [0.717, 1.165) is 44.5 Å². The maximum atomic E-state index is 12.7. The van der Waals surface area contributed by atoms with E-state index < -0.39 is 0 Å². The number of likely N-dealkylation sites (tertiary alicyclic amines) is 1. The SMILES string of the molecule is O=C1C(N2CCCC(O)C2)CCCN1c1ccccc1. The predicted molar refractivity (Wildman–Crippen MR) is 78.6 cm³/mol. The van der Waals surface area contributed by atoms with Crippen molar-refractivity contribution in [2.45, 2.75) is 37.8 Å². The minimum Gasteiger partial charge on any atom is -0.392 e. The molecule has 0 aliphatic carbocycles. The highest BCUT2D eigenvalue weighted by atomic mass is 16.3. The second-order valence-electron chi connectivity index (χ2n) is 5.77. The quantitative estimate of drug-likeness (QED) is 0.891. The minimum absolute atomic E-state index is 0.0566. The Kier molecular flexibility index (Phi) is 4.03. The highest BCUT2D eigenvalue weighted by molar-refractivity contribution is 5.97. The molecule has 2 unspecified atom stereocenters. The molecular formula is C16H22N2O2. The number of benzene rings is 1. The Morgan fingerprint density at radius 2 is 1.80 bits per heavy atom. The highest BCUT2D eigenvalue weighted by Gasteiger charge is 2.35. The van der Waals surface area contributed by atoms with Gasteiger partial charge in [0.15, 0.2) is 0 Å². The first kappa shape index (κ1) is 13.6. The third-order valence-electron chi connectivity index (χ3n) is 4.35. The summed E-state index contributed by atoms with van der Waals surface area (Å²) in [6.07, 6.45) is 3.51. The molecule has 0 saturated carbocycles. The number of rotatable bonds is 2. The van der Waals surface area contributed by atoms with E-state index in [-0.39, 0.29) is 18.1 Å². The van der Waals surface area contributed by atoms with Gasteiger partial charge in [-0.3, -0.25) is 9.69 Å². The Morgan fingerprint density at radius 1 is 1.05 bits per heavy atom. The lowest BCUT2D eigenvalue weighted by Gasteiger charge is -2.41. The van der Waals surface area contributed by atoms with E-state index >= 15 is 0 Å². The number of aliphatic hydroxyl groups is 1. The Balaban J connectivity index is 1.75. The third kappa shape index (κ3) is 2.72. The maximum Gasteiger partial charge on any atom is 0.244 e. The van der Waals surface area contributed by atoms with E-state index in [1.54, 1.807) is 0 Å². The molecule has 2 heterocycles. The fourth-order valence-corrected chi connectivity index (χ4v) is 3.33. The van der Waals surface area contributed by atoms with Crippen molar-refractivity contribution in [1.29, 1.82) is 0 Å². The summed E-state index contributed by atoms with van der Waals surface area (Å²) in [5.74, 6) is 0.191. The van der Waals surface area contributed by atoms with E-state index in [1.807, 2.05) is 35.2 Å². The van der Waals surface area contributed by atoms with Crippen molar-refractivity contribution in [3.05, 3.63) is 30.3 Å². The molecule has 3 rings (SSSR count). The summed E-state index contributed by atoms with van der Waals surface area (Å²) in [5, 5.41) is 9.81. The van der Waals surface area contributed by atoms with Crippen LogP contribution in [-0.4, -0.2) is 47.7 Å². The lowest BCUT2D eigenvalue weighted by atomic mass is 9.98. The van der Waals surface area contributed by atoms with Crippen LogP contribution in [0.15, 0.2) is 30.3 Å². The van der Waals surface area contributed by atoms with Gasteiger partial charge in [0.1, 0.15) is 0 Å². The molecule has 1 N–H and O–H groups in total. The molecule has 2 aliphatic rings. The Bertz CT molecular complexity index is 463. The van der Waals surface area contributed by atoms with Crippen molar-refractivity contribution in [2.24, 2.45) is 0 Å². The van der Waals surface area contributed by atoms with Crippen LogP contribution < -0.4 is 4.90 Å². The van der Waals surface area contributed by atoms with Crippen molar-refractivity contribution >= 4 is 11.6 Å². The van der Waals surface area contributed by atoms with Gasteiger partial charge in [-0.05, 0) is 44.4 Å². The smallest absolute Gasteiger partial charge is 0.244 e. The summed E-state index contributed by atoms with van der Waals surface area (Å²) in [6.45, 7) is 2.37. The van der Waals surface area contributed by atoms with Crippen molar-refractivity contribution < 1.29 is 9.90 Å². The number of nitrogens with zero attached hydrogens (tertiary/aromatic N) is 2. The number of hydrogen-bond acceptors (Lipinski definition) is 3. The Morgan fingerprint density at radius 3 is 2.55 bits per heavy atom. The van der Waals surface area contributed by atoms with Gasteiger partial charge in [-0.1, -0.05) is 18.2 Å². The first-order valence-electron chi connectivity index (χ1n) is 7.54. The van der Waals surface area contributed by atoms with Crippen LogP contribution in [0.25, 0.3) is 0 Å². The molecule has 1 aromatic rings. The zero-order chi connectivity index (χ0) is 13.9. The largest absolute Gasteiger partial charge is 0.392 e. The number of aliphatic hydroxyl groups excluding tert-OH is 1. The van der Waals surface area contributed by atoms with Gasteiger partial charge in [-0.25, -0.2) is 0 Å². The summed E-state index contributed by atoms with van der Waals surface area (Å²) in [7, 11) is 0. The standard InChI is InChI=1S/C16H22N2O2/c19-14-8-4-10-17(12-14)15-9-5-11-18(16(15)20)13-6-2-1-3-7-13/h1-3,6-7,14-15,19H,4-5,8-12H2. The number of carbonyl (C=O) groups is 1. The second kappa shape index (κ2) is 5.94. The van der Waals surface area contributed by atoms with Gasteiger partial charge in [0, 0.05) is 18.8 Å². The topological polar surface area (TPSA) is 43.8 Å². The van der Waals surface area contributed by atoms with Crippen LogP contribution in [-0.2, 0) is 4.79 Å². The molecule has 1 amide bonds. The Hall–Kier alpha value is -1.39. The molecular weight excluding hydrogens is 252 g/mol. The average Bonchev–Trinajstić information content (AvgIpc) is 2.48. The van der Waals surface area contributed by atoms with Crippen LogP contribution in [0.1, 0.15) is 25.7 Å². The highest BCUT2D eigenvalue weighted by Crippen LogP contribution is 2.25. The number of piperidine rings is 2. The molecule has 4 nitrogen and oxygen atoms in total. The molecule has 108 valence electrons. The molecule has 0 bridgehead atoms. The van der Waals surface area contributed by atoms with Gasteiger partial charge in [-0.15, -0.1) is 0 Å². The molecule has 2 atom stereocenters. The van der Waals surface area contributed by atoms with Gasteiger partial charge in [0.2, 0.25) is 5.91 Å². The van der Waals surface area contributed by atoms with E-state index in [1.165, 1.54) is 0 Å². The van der Waals surface area contributed by atoms with Crippen LogP contribution in [0.3, 0.4) is 0 Å². The summed E-state index contributed by atoms with van der Waals surface area (Å²) < 4.78 is 0. The lowest BCUT2D eigenvalue weighted by molar-refractivity contribution is -0.126. The van der Waals surface area contributed by atoms with E-state index in [9.17, 15) is 9.90 Å². The van der Waals surface area contributed by atoms with Gasteiger partial charge in [0.25, 0.3) is 0 Å². The number of amides is 1. The van der Waals surface area contributed by atoms with Crippen LogP contribution in [0.5, 0.6) is 0 Å². The molecule has 20 heavy (non-hydrogen) atoms. The van der Waals surface area contributed by atoms with Crippen LogP contribution >= 0.6 is 0 Å². The lowest BCUT2D eigenvalue weighted by Crippen LogP contribution is -2.55. The van der Waals surface area contributed by atoms with Crippen LogP contribution in [0.2, 0.25) is 0 Å². The first-order chi connectivity index (χ1) is 9.75. The monoisotopic (exact) mass is 274 g/mol. The zero-order valence-electron chi connectivity index (χ0n) is 11.7. The summed E-state index contributed by atoms with van der Waals surface area (Å²) in [5.41, 5.74) is 0.986. The molecule has 2 fully saturated rings. The van der Waals surface area contributed by atoms with Gasteiger partial charge in [0.05, 0.1) is 12.1 Å². The predicted octanol–water partition coefficient (Wildman–Crippen LogP) is 1.64. The number of para-hydroxylation sites is 1. The normalized spacial score (nSPS) is 28.6. The third-order valence-corrected chi connectivity index (χ3v) is 4.35. The van der Waals surface area contributed by atoms with Crippen molar-refractivity contribution in [2.75, 3.05) is 24.5 Å². The molecule has 0 radical (unpaired) electrons. The van der Waals surface area contributed by atoms with E-state index in [4.69, 9.17) is 0 Å². The number of carbonyl (C=O) groups excluding carboxylic acids is 1. The number of β-amino-alcohol motifs (C(OH)–C–C–N with tert-alkyl or cyclic N) is 1. The molecule has 4 heteroatoms. The van der Waals surface area contributed by atoms with Gasteiger partial charge >= 0.3 is 0 Å². The fraction of sp³-hybridized carbons (Fsp3) is 0.562. The van der Waals surface area contributed by atoms with Crippen molar-refractivity contribution in [3.8, 4) is 0 Å². The zero-order valence-corrected chi connectivity index (χ0v) is 11.7. The van der Waals surface area contributed by atoms with Crippen LogP contribution in [0.4, 0.5) is 5.69 Å². The van der Waals surface area contributed by atoms with Crippen LogP contribution in [0, 0.1) is 0 Å². The number of anilines is 1. The summed E-state index contributed by atoms with van der Waals surface area (Å²) in [4.78, 5) is 16.8. The van der Waals surface area contributed by atoms with Crippen molar-refractivity contribution in [1.82, 2.24) is 4.90 Å². The molecule has 1 aromatic carbocycles. The van der Waals surface area contributed by atoms with Crippen molar-refractivity contribution in [3.63, 3.8) is 0 Å². The summed E-state index contributed by atoms with van der Waals surface area (Å²) in [6, 6.07) is 9.83. The minimum atomic E-state index is -0.274. The molecule has 2 aliphatic heterocycles. The van der Waals surface area contributed by atoms with E-state index in [0.29, 0.717) is 6.54 Å². The number of hydrogen-bond donors (Lipinski definition) is 1. The van der Waals surface area contributed by atoms with Gasteiger partial charge < -0.3 is 10.0 Å². The first-order valence-corrected chi connectivity index (χ1v) is 7.54. The maximum absolute atomic E-state index is 12.7.